The largest absolute Gasteiger partial charge is 0.480 e. The van der Waals surface area contributed by atoms with Gasteiger partial charge in [-0.2, -0.15) is 0 Å². The molecular formula is C22H36N6O5. The number of amides is 3. The molecule has 1 aromatic rings. The average Bonchev–Trinajstić information content (AvgIpc) is 3.45. The van der Waals surface area contributed by atoms with Gasteiger partial charge in [0.25, 0.3) is 0 Å². The van der Waals surface area contributed by atoms with Crippen molar-refractivity contribution in [2.24, 2.45) is 17.6 Å². The SMILES string of the molecule is CCC(C)C(NC(=O)C1CCCN1C(=O)C(N)Cc1cnc[nH]1)C(=O)NC(C(=O)O)C(C)C. The second kappa shape index (κ2) is 11.8. The third kappa shape index (κ3) is 6.77. The minimum atomic E-state index is -1.13. The van der Waals surface area contributed by atoms with Crippen molar-refractivity contribution in [3.05, 3.63) is 18.2 Å². The molecule has 0 bridgehead atoms. The number of carbonyl (C=O) groups is 4. The number of aliphatic carboxylic acids is 1. The highest BCUT2D eigenvalue weighted by molar-refractivity contribution is 5.94. The van der Waals surface area contributed by atoms with Crippen LogP contribution in [0, 0.1) is 11.8 Å². The Kier molecular flexibility index (Phi) is 9.39. The van der Waals surface area contributed by atoms with Crippen molar-refractivity contribution in [3.63, 3.8) is 0 Å². The first-order chi connectivity index (χ1) is 15.6. The number of likely N-dealkylation sites (tertiary alicyclic amines) is 1. The van der Waals surface area contributed by atoms with Crippen LogP contribution in [0.15, 0.2) is 12.5 Å². The molecule has 184 valence electrons. The Labute approximate surface area is 193 Å². The monoisotopic (exact) mass is 464 g/mol. The van der Waals surface area contributed by atoms with Crippen LogP contribution < -0.4 is 16.4 Å². The number of carboxylic acid groups (broad SMARTS) is 1. The average molecular weight is 465 g/mol. The molecule has 11 nitrogen and oxygen atoms in total. The molecule has 1 aromatic heterocycles. The Morgan fingerprint density at radius 3 is 2.48 bits per heavy atom. The van der Waals surface area contributed by atoms with Crippen LogP contribution in [0.3, 0.4) is 0 Å². The lowest BCUT2D eigenvalue weighted by Crippen LogP contribution is -2.58. The number of rotatable bonds is 11. The summed E-state index contributed by atoms with van der Waals surface area (Å²) in [6, 6.07) is -3.54. The fourth-order valence-corrected chi connectivity index (χ4v) is 3.94. The van der Waals surface area contributed by atoms with E-state index in [2.05, 4.69) is 20.6 Å². The number of carboxylic acids is 1. The van der Waals surface area contributed by atoms with E-state index in [9.17, 15) is 24.3 Å². The molecule has 0 spiro atoms. The molecule has 0 saturated carbocycles. The van der Waals surface area contributed by atoms with E-state index in [-0.39, 0.29) is 24.2 Å². The number of nitrogens with one attached hydrogen (secondary N) is 3. The molecule has 1 aliphatic rings. The van der Waals surface area contributed by atoms with Gasteiger partial charge >= 0.3 is 5.97 Å². The summed E-state index contributed by atoms with van der Waals surface area (Å²) in [4.78, 5) is 58.8. The maximum absolute atomic E-state index is 13.1. The molecule has 0 radical (unpaired) electrons. The fraction of sp³-hybridized carbons (Fsp3) is 0.682. The van der Waals surface area contributed by atoms with Crippen LogP contribution in [0.1, 0.15) is 52.7 Å². The first kappa shape index (κ1) is 26.3. The summed E-state index contributed by atoms with van der Waals surface area (Å²) in [7, 11) is 0. The smallest absolute Gasteiger partial charge is 0.326 e. The Morgan fingerprint density at radius 1 is 1.24 bits per heavy atom. The molecule has 1 aliphatic heterocycles. The van der Waals surface area contributed by atoms with Gasteiger partial charge in [0.05, 0.1) is 12.4 Å². The topological polar surface area (TPSA) is 171 Å². The molecule has 5 unspecified atom stereocenters. The zero-order chi connectivity index (χ0) is 24.7. The third-order valence-corrected chi connectivity index (χ3v) is 6.17. The number of imidazole rings is 1. The van der Waals surface area contributed by atoms with Crippen LogP contribution in [0.4, 0.5) is 0 Å². The number of carbonyl (C=O) groups excluding carboxylic acids is 3. The van der Waals surface area contributed by atoms with Crippen molar-refractivity contribution in [2.45, 2.75) is 77.5 Å². The number of H-pyrrole nitrogens is 1. The van der Waals surface area contributed by atoms with Crippen molar-refractivity contribution >= 4 is 23.7 Å². The quantitative estimate of drug-likeness (QED) is 0.307. The van der Waals surface area contributed by atoms with Gasteiger partial charge in [0.1, 0.15) is 18.1 Å². The lowest BCUT2D eigenvalue weighted by molar-refractivity contribution is -0.144. The maximum atomic E-state index is 13.1. The summed E-state index contributed by atoms with van der Waals surface area (Å²) in [6.45, 7) is 7.50. The van der Waals surface area contributed by atoms with Crippen molar-refractivity contribution in [1.29, 1.82) is 0 Å². The molecule has 6 N–H and O–H groups in total. The van der Waals surface area contributed by atoms with Crippen molar-refractivity contribution in [3.8, 4) is 0 Å². The number of hydrogen-bond acceptors (Lipinski definition) is 6. The summed E-state index contributed by atoms with van der Waals surface area (Å²) in [5, 5.41) is 14.7. The molecule has 1 saturated heterocycles. The maximum Gasteiger partial charge on any atom is 0.326 e. The molecule has 2 rings (SSSR count). The number of hydrogen-bond donors (Lipinski definition) is 5. The zero-order valence-electron chi connectivity index (χ0n) is 19.7. The van der Waals surface area contributed by atoms with Gasteiger partial charge in [-0.05, 0) is 24.7 Å². The molecule has 3 amide bonds. The van der Waals surface area contributed by atoms with E-state index in [1.807, 2.05) is 13.8 Å². The fourth-order valence-electron chi connectivity index (χ4n) is 3.94. The summed E-state index contributed by atoms with van der Waals surface area (Å²) >= 11 is 0. The van der Waals surface area contributed by atoms with Crippen LogP contribution >= 0.6 is 0 Å². The normalized spacial score (nSPS) is 19.6. The Balaban J connectivity index is 2.09. The van der Waals surface area contributed by atoms with Crippen LogP contribution in [0.5, 0.6) is 0 Å². The lowest BCUT2D eigenvalue weighted by atomic mass is 9.96. The van der Waals surface area contributed by atoms with Crippen LogP contribution in [0.25, 0.3) is 0 Å². The van der Waals surface area contributed by atoms with Gasteiger partial charge < -0.3 is 31.4 Å². The number of aromatic nitrogens is 2. The molecular weight excluding hydrogens is 428 g/mol. The van der Waals surface area contributed by atoms with Crippen LogP contribution in [-0.4, -0.2) is 74.4 Å². The van der Waals surface area contributed by atoms with Gasteiger partial charge in [-0.25, -0.2) is 9.78 Å². The van der Waals surface area contributed by atoms with E-state index < -0.39 is 42.0 Å². The molecule has 2 heterocycles. The minimum absolute atomic E-state index is 0.233. The lowest BCUT2D eigenvalue weighted by Gasteiger charge is -2.30. The van der Waals surface area contributed by atoms with E-state index in [1.54, 1.807) is 20.0 Å². The first-order valence-electron chi connectivity index (χ1n) is 11.4. The highest BCUT2D eigenvalue weighted by Crippen LogP contribution is 2.20. The van der Waals surface area contributed by atoms with Gasteiger partial charge in [0.2, 0.25) is 17.7 Å². The van der Waals surface area contributed by atoms with Crippen LogP contribution in [-0.2, 0) is 25.6 Å². The predicted molar refractivity (Wildman–Crippen MR) is 121 cm³/mol. The second-order valence-electron chi connectivity index (χ2n) is 9.02. The summed E-state index contributed by atoms with van der Waals surface area (Å²) in [5.74, 6) is -3.01. The molecule has 0 aliphatic carbocycles. The van der Waals surface area contributed by atoms with Gasteiger partial charge in [-0.15, -0.1) is 0 Å². The standard InChI is InChI=1S/C22H36N6O5/c1-5-13(4)18(20(30)26-17(12(2)3)22(32)33)27-19(29)16-7-6-8-28(16)21(31)15(23)9-14-10-24-11-25-14/h10-13,15-18H,5-9,23H2,1-4H3,(H,24,25)(H,26,30)(H,27,29)(H,32,33). The predicted octanol–water partition coefficient (Wildman–Crippen LogP) is 0.0268. The zero-order valence-corrected chi connectivity index (χ0v) is 19.7. The van der Waals surface area contributed by atoms with Gasteiger partial charge in [-0.3, -0.25) is 14.4 Å². The van der Waals surface area contributed by atoms with E-state index in [4.69, 9.17) is 5.73 Å². The van der Waals surface area contributed by atoms with E-state index >= 15 is 0 Å². The summed E-state index contributed by atoms with van der Waals surface area (Å²) in [6.07, 6.45) is 5.08. The Bertz CT molecular complexity index is 827. The van der Waals surface area contributed by atoms with Gasteiger partial charge in [0, 0.05) is 24.9 Å². The third-order valence-electron chi connectivity index (χ3n) is 6.17. The molecule has 11 heteroatoms. The Morgan fingerprint density at radius 2 is 1.94 bits per heavy atom. The van der Waals surface area contributed by atoms with Crippen molar-refractivity contribution in [1.82, 2.24) is 25.5 Å². The number of nitrogens with zero attached hydrogens (tertiary/aromatic N) is 2. The Hall–Kier alpha value is -2.95. The van der Waals surface area contributed by atoms with Gasteiger partial charge in [-0.1, -0.05) is 34.1 Å². The van der Waals surface area contributed by atoms with Crippen molar-refractivity contribution < 1.29 is 24.3 Å². The number of nitrogens with two attached hydrogens (primary N) is 1. The highest BCUT2D eigenvalue weighted by Gasteiger charge is 2.39. The summed E-state index contributed by atoms with van der Waals surface area (Å²) < 4.78 is 0. The number of aromatic amines is 1. The first-order valence-corrected chi connectivity index (χ1v) is 11.4. The van der Waals surface area contributed by atoms with Crippen LogP contribution in [0.2, 0.25) is 0 Å². The van der Waals surface area contributed by atoms with E-state index in [0.717, 1.165) is 5.69 Å². The molecule has 33 heavy (non-hydrogen) atoms. The minimum Gasteiger partial charge on any atom is -0.480 e. The van der Waals surface area contributed by atoms with Crippen molar-refractivity contribution in [2.75, 3.05) is 6.54 Å². The molecule has 0 aromatic carbocycles. The van der Waals surface area contributed by atoms with E-state index in [0.29, 0.717) is 25.8 Å². The van der Waals surface area contributed by atoms with Gasteiger partial charge in [0.15, 0.2) is 0 Å². The molecule has 1 fully saturated rings. The summed E-state index contributed by atoms with van der Waals surface area (Å²) in [5.41, 5.74) is 6.82. The van der Waals surface area contributed by atoms with E-state index in [1.165, 1.54) is 11.2 Å². The highest BCUT2D eigenvalue weighted by atomic mass is 16.4. The second-order valence-corrected chi connectivity index (χ2v) is 9.02. The molecule has 5 atom stereocenters.